The Labute approximate surface area is 249 Å². The standard InChI is InChI=1S/C32H24N6O6/c1-32(23-8-2-20(3-9-23)26-33-14-17-36(26)29(39)40,24-10-4-21(5-11-24)27-34-15-18-37(27)30(41)42)25-12-6-22(7-13-25)28-35-16-19-38(28)31(43)44/h2-19H,1H3,(H,39,40)(H,41,42)(H,43,44). The van der Waals surface area contributed by atoms with Crippen molar-refractivity contribution >= 4 is 18.3 Å². The number of carbonyl (C=O) groups is 3. The van der Waals surface area contributed by atoms with Gasteiger partial charge in [-0.25, -0.2) is 43.0 Å². The first-order valence-electron chi connectivity index (χ1n) is 13.3. The SMILES string of the molecule is CC(c1ccc(-c2nccn2C(=O)O)cc1)(c1ccc(-c2nccn2C(=O)O)cc1)c1ccc(-c2nccn2C(=O)O)cc1. The van der Waals surface area contributed by atoms with Crippen LogP contribution in [-0.4, -0.2) is 62.3 Å². The molecule has 44 heavy (non-hydrogen) atoms. The van der Waals surface area contributed by atoms with Crippen molar-refractivity contribution in [2.24, 2.45) is 0 Å². The highest BCUT2D eigenvalue weighted by Crippen LogP contribution is 2.40. The van der Waals surface area contributed by atoms with E-state index in [1.807, 2.05) is 79.7 Å². The van der Waals surface area contributed by atoms with Crippen LogP contribution in [0.2, 0.25) is 0 Å². The van der Waals surface area contributed by atoms with Gasteiger partial charge in [0, 0.05) is 59.3 Å². The van der Waals surface area contributed by atoms with Crippen LogP contribution in [0.5, 0.6) is 0 Å². The van der Waals surface area contributed by atoms with E-state index in [0.29, 0.717) is 34.2 Å². The predicted molar refractivity (Wildman–Crippen MR) is 159 cm³/mol. The van der Waals surface area contributed by atoms with Gasteiger partial charge in [0.2, 0.25) is 0 Å². The maximum absolute atomic E-state index is 11.6. The zero-order valence-corrected chi connectivity index (χ0v) is 23.1. The van der Waals surface area contributed by atoms with Crippen molar-refractivity contribution in [3.8, 4) is 34.2 Å². The van der Waals surface area contributed by atoms with Crippen molar-refractivity contribution in [1.82, 2.24) is 28.7 Å². The second-order valence-corrected chi connectivity index (χ2v) is 10.1. The van der Waals surface area contributed by atoms with Crippen LogP contribution in [0.3, 0.4) is 0 Å². The lowest BCUT2D eigenvalue weighted by Gasteiger charge is -2.32. The molecule has 0 bridgehead atoms. The zero-order chi connectivity index (χ0) is 31.0. The molecule has 0 saturated carbocycles. The lowest BCUT2D eigenvalue weighted by molar-refractivity contribution is 0.195. The third kappa shape index (κ3) is 4.69. The Morgan fingerprint density at radius 1 is 0.500 bits per heavy atom. The van der Waals surface area contributed by atoms with Crippen LogP contribution in [0.4, 0.5) is 14.4 Å². The molecule has 0 aliphatic carbocycles. The largest absolute Gasteiger partial charge is 0.464 e. The van der Waals surface area contributed by atoms with Crippen LogP contribution in [-0.2, 0) is 5.41 Å². The maximum Gasteiger partial charge on any atom is 0.417 e. The Kier molecular flexibility index (Phi) is 6.86. The van der Waals surface area contributed by atoms with Gasteiger partial charge in [-0.15, -0.1) is 0 Å². The molecule has 12 heteroatoms. The van der Waals surface area contributed by atoms with Crippen molar-refractivity contribution in [3.63, 3.8) is 0 Å². The van der Waals surface area contributed by atoms with Crippen LogP contribution < -0.4 is 0 Å². The Morgan fingerprint density at radius 2 is 0.750 bits per heavy atom. The molecule has 0 saturated heterocycles. The fraction of sp³-hybridized carbons (Fsp3) is 0.0625. The zero-order valence-electron chi connectivity index (χ0n) is 23.1. The smallest absolute Gasteiger partial charge is 0.417 e. The van der Waals surface area contributed by atoms with Gasteiger partial charge in [0.25, 0.3) is 0 Å². The molecule has 0 atom stereocenters. The van der Waals surface area contributed by atoms with Crippen LogP contribution in [0.1, 0.15) is 23.6 Å². The number of benzene rings is 3. The van der Waals surface area contributed by atoms with Crippen LogP contribution >= 0.6 is 0 Å². The third-order valence-electron chi connectivity index (χ3n) is 7.70. The molecule has 0 aliphatic heterocycles. The van der Waals surface area contributed by atoms with E-state index in [-0.39, 0.29) is 0 Å². The topological polar surface area (TPSA) is 165 Å². The average molecular weight is 589 g/mol. The molecule has 0 aliphatic rings. The van der Waals surface area contributed by atoms with Crippen molar-refractivity contribution in [1.29, 1.82) is 0 Å². The third-order valence-corrected chi connectivity index (χ3v) is 7.70. The highest BCUT2D eigenvalue weighted by molar-refractivity contribution is 5.77. The first-order valence-corrected chi connectivity index (χ1v) is 13.3. The summed E-state index contributed by atoms with van der Waals surface area (Å²) in [6.07, 6.45) is 5.00. The average Bonchev–Trinajstić information content (AvgIpc) is 3.82. The van der Waals surface area contributed by atoms with Gasteiger partial charge >= 0.3 is 18.3 Å². The molecule has 0 unspecified atom stereocenters. The molecule has 3 N–H and O–H groups in total. The normalized spacial score (nSPS) is 11.4. The maximum atomic E-state index is 11.6. The molecular weight excluding hydrogens is 564 g/mol. The lowest BCUT2D eigenvalue weighted by atomic mass is 9.70. The number of aromatic nitrogens is 6. The summed E-state index contributed by atoms with van der Waals surface area (Å²) in [7, 11) is 0. The minimum atomic E-state index is -1.14. The summed E-state index contributed by atoms with van der Waals surface area (Å²) in [5.41, 5.74) is 3.76. The molecule has 6 aromatic rings. The fourth-order valence-corrected chi connectivity index (χ4v) is 5.37. The summed E-state index contributed by atoms with van der Waals surface area (Å²) in [4.78, 5) is 47.5. The molecular formula is C32H24N6O6. The Bertz CT molecular complexity index is 1770. The van der Waals surface area contributed by atoms with Crippen LogP contribution in [0, 0.1) is 0 Å². The summed E-state index contributed by atoms with van der Waals surface area (Å²) in [6, 6.07) is 22.3. The number of rotatable bonds is 6. The van der Waals surface area contributed by atoms with E-state index >= 15 is 0 Å². The summed E-state index contributed by atoms with van der Waals surface area (Å²) in [6.45, 7) is 2.04. The van der Waals surface area contributed by atoms with Crippen LogP contribution in [0.15, 0.2) is 110 Å². The second kappa shape index (κ2) is 10.8. The van der Waals surface area contributed by atoms with Gasteiger partial charge in [0.05, 0.1) is 0 Å². The minimum absolute atomic E-state index is 0.294. The van der Waals surface area contributed by atoms with E-state index < -0.39 is 23.7 Å². The van der Waals surface area contributed by atoms with E-state index in [0.717, 1.165) is 30.4 Å². The van der Waals surface area contributed by atoms with Crippen molar-refractivity contribution in [2.45, 2.75) is 12.3 Å². The number of hydrogen-bond donors (Lipinski definition) is 3. The molecule has 218 valence electrons. The van der Waals surface area contributed by atoms with Crippen molar-refractivity contribution in [2.75, 3.05) is 0 Å². The summed E-state index contributed by atoms with van der Waals surface area (Å²) < 4.78 is 3.15. The second-order valence-electron chi connectivity index (χ2n) is 10.1. The van der Waals surface area contributed by atoms with Gasteiger partial charge in [-0.3, -0.25) is 0 Å². The van der Waals surface area contributed by atoms with Gasteiger partial charge in [-0.2, -0.15) is 0 Å². The van der Waals surface area contributed by atoms with Crippen LogP contribution in [0.25, 0.3) is 34.2 Å². The van der Waals surface area contributed by atoms with Crippen molar-refractivity contribution in [3.05, 3.63) is 127 Å². The van der Waals surface area contributed by atoms with Gasteiger partial charge in [-0.1, -0.05) is 72.8 Å². The monoisotopic (exact) mass is 588 g/mol. The quantitative estimate of drug-likeness (QED) is 0.192. The van der Waals surface area contributed by atoms with E-state index in [1.54, 1.807) is 0 Å². The van der Waals surface area contributed by atoms with E-state index in [9.17, 15) is 29.7 Å². The number of hydrogen-bond acceptors (Lipinski definition) is 6. The molecule has 0 amide bonds. The fourth-order valence-electron chi connectivity index (χ4n) is 5.37. The molecule has 0 fully saturated rings. The number of carboxylic acid groups (broad SMARTS) is 3. The van der Waals surface area contributed by atoms with Gasteiger partial charge in [-0.05, 0) is 23.6 Å². The molecule has 0 radical (unpaired) electrons. The summed E-state index contributed by atoms with van der Waals surface area (Å²) in [5, 5.41) is 28.6. The van der Waals surface area contributed by atoms with E-state index in [2.05, 4.69) is 15.0 Å². The van der Waals surface area contributed by atoms with Gasteiger partial charge in [0.15, 0.2) is 0 Å². The predicted octanol–water partition coefficient (Wildman–Crippen LogP) is 6.21. The van der Waals surface area contributed by atoms with Gasteiger partial charge < -0.3 is 15.3 Å². The Hall–Kier alpha value is -6.30. The lowest BCUT2D eigenvalue weighted by Crippen LogP contribution is -2.25. The van der Waals surface area contributed by atoms with E-state index in [4.69, 9.17) is 0 Å². The molecule has 3 heterocycles. The molecule has 0 spiro atoms. The summed E-state index contributed by atoms with van der Waals surface area (Å²) >= 11 is 0. The minimum Gasteiger partial charge on any atom is -0.464 e. The highest BCUT2D eigenvalue weighted by Gasteiger charge is 2.32. The van der Waals surface area contributed by atoms with Crippen molar-refractivity contribution < 1.29 is 29.7 Å². The first kappa shape index (κ1) is 27.8. The first-order chi connectivity index (χ1) is 21.2. The molecule has 12 nitrogen and oxygen atoms in total. The Morgan fingerprint density at radius 3 is 0.977 bits per heavy atom. The molecule has 3 aromatic carbocycles. The number of imidazole rings is 3. The highest BCUT2D eigenvalue weighted by atomic mass is 16.4. The van der Waals surface area contributed by atoms with Gasteiger partial charge in [0.1, 0.15) is 17.5 Å². The molecule has 6 rings (SSSR count). The van der Waals surface area contributed by atoms with E-state index in [1.165, 1.54) is 37.2 Å². The summed E-state index contributed by atoms with van der Waals surface area (Å²) in [5.74, 6) is 0.881. The number of nitrogens with zero attached hydrogens (tertiary/aromatic N) is 6. The molecule has 3 aromatic heterocycles. The Balaban J connectivity index is 1.45.